The molecule has 0 aliphatic heterocycles. The summed E-state index contributed by atoms with van der Waals surface area (Å²) < 4.78 is 18.7. The predicted molar refractivity (Wildman–Crippen MR) is 64.4 cm³/mol. The van der Waals surface area contributed by atoms with Crippen molar-refractivity contribution in [3.05, 3.63) is 46.9 Å². The minimum Gasteiger partial charge on any atom is -0.444 e. The SMILES string of the molecule is Cc1nc(CNc2cccc(F)c2C#N)oc1C. The van der Waals surface area contributed by atoms with Gasteiger partial charge < -0.3 is 9.73 Å². The van der Waals surface area contributed by atoms with Crippen molar-refractivity contribution in [3.8, 4) is 6.07 Å². The Hall–Kier alpha value is -2.35. The number of hydrogen-bond donors (Lipinski definition) is 1. The van der Waals surface area contributed by atoms with Gasteiger partial charge in [0.15, 0.2) is 0 Å². The van der Waals surface area contributed by atoms with Gasteiger partial charge in [-0.15, -0.1) is 0 Å². The molecule has 0 saturated carbocycles. The zero-order chi connectivity index (χ0) is 13.1. The van der Waals surface area contributed by atoms with Crippen molar-refractivity contribution in [2.24, 2.45) is 0 Å². The van der Waals surface area contributed by atoms with Crippen LogP contribution in [-0.2, 0) is 6.54 Å². The molecule has 0 aliphatic carbocycles. The molecule has 18 heavy (non-hydrogen) atoms. The summed E-state index contributed by atoms with van der Waals surface area (Å²) >= 11 is 0. The summed E-state index contributed by atoms with van der Waals surface area (Å²) in [6.45, 7) is 3.99. The number of aryl methyl sites for hydroxylation is 2. The van der Waals surface area contributed by atoms with Crippen molar-refractivity contribution in [1.82, 2.24) is 4.98 Å². The minimum atomic E-state index is -0.540. The first-order chi connectivity index (χ1) is 8.61. The lowest BCUT2D eigenvalue weighted by molar-refractivity contribution is 0.478. The summed E-state index contributed by atoms with van der Waals surface area (Å²) in [5.41, 5.74) is 1.26. The van der Waals surface area contributed by atoms with Gasteiger partial charge in [0.2, 0.25) is 5.89 Å². The van der Waals surface area contributed by atoms with Gasteiger partial charge in [0.25, 0.3) is 0 Å². The molecule has 1 aromatic heterocycles. The molecule has 0 radical (unpaired) electrons. The number of nitriles is 1. The number of oxazole rings is 1. The molecule has 5 heteroatoms. The highest BCUT2D eigenvalue weighted by Gasteiger charge is 2.09. The van der Waals surface area contributed by atoms with E-state index < -0.39 is 5.82 Å². The van der Waals surface area contributed by atoms with Crippen LogP contribution in [0.2, 0.25) is 0 Å². The van der Waals surface area contributed by atoms with Gasteiger partial charge in [-0.05, 0) is 26.0 Å². The molecule has 0 amide bonds. The highest BCUT2D eigenvalue weighted by atomic mass is 19.1. The molecule has 0 atom stereocenters. The van der Waals surface area contributed by atoms with Crippen LogP contribution < -0.4 is 5.32 Å². The number of rotatable bonds is 3. The van der Waals surface area contributed by atoms with Gasteiger partial charge in [-0.1, -0.05) is 6.07 Å². The average molecular weight is 245 g/mol. The molecule has 1 N–H and O–H groups in total. The van der Waals surface area contributed by atoms with E-state index >= 15 is 0 Å². The molecular formula is C13H12FN3O. The lowest BCUT2D eigenvalue weighted by Gasteiger charge is -2.06. The monoisotopic (exact) mass is 245 g/mol. The van der Waals surface area contributed by atoms with Crippen LogP contribution in [0.4, 0.5) is 10.1 Å². The fraction of sp³-hybridized carbons (Fsp3) is 0.231. The van der Waals surface area contributed by atoms with Crippen molar-refractivity contribution < 1.29 is 8.81 Å². The van der Waals surface area contributed by atoms with Crippen LogP contribution in [0.5, 0.6) is 0 Å². The average Bonchev–Trinajstić information content (AvgIpc) is 2.66. The molecule has 2 rings (SSSR count). The van der Waals surface area contributed by atoms with E-state index in [1.165, 1.54) is 6.07 Å². The van der Waals surface area contributed by atoms with Crippen molar-refractivity contribution in [2.45, 2.75) is 20.4 Å². The Morgan fingerprint density at radius 3 is 2.83 bits per heavy atom. The van der Waals surface area contributed by atoms with E-state index in [9.17, 15) is 4.39 Å². The second kappa shape index (κ2) is 4.88. The fourth-order valence-corrected chi connectivity index (χ4v) is 1.57. The Kier molecular flexibility index (Phi) is 3.28. The molecule has 4 nitrogen and oxygen atoms in total. The van der Waals surface area contributed by atoms with Gasteiger partial charge in [-0.25, -0.2) is 9.37 Å². The summed E-state index contributed by atoms with van der Waals surface area (Å²) in [7, 11) is 0. The Morgan fingerprint density at radius 1 is 1.44 bits per heavy atom. The zero-order valence-electron chi connectivity index (χ0n) is 10.1. The molecule has 1 aromatic carbocycles. The van der Waals surface area contributed by atoms with Gasteiger partial charge in [0, 0.05) is 0 Å². The van der Waals surface area contributed by atoms with Gasteiger partial charge in [-0.3, -0.25) is 0 Å². The zero-order valence-corrected chi connectivity index (χ0v) is 10.1. The lowest BCUT2D eigenvalue weighted by Crippen LogP contribution is -2.02. The summed E-state index contributed by atoms with van der Waals surface area (Å²) in [6, 6.07) is 6.27. The largest absolute Gasteiger partial charge is 0.444 e. The summed E-state index contributed by atoms with van der Waals surface area (Å²) in [5.74, 6) is 0.729. The maximum absolute atomic E-state index is 13.3. The molecule has 1 heterocycles. The number of aromatic nitrogens is 1. The van der Waals surface area contributed by atoms with E-state index in [0.29, 0.717) is 18.1 Å². The number of nitrogens with zero attached hydrogens (tertiary/aromatic N) is 2. The maximum Gasteiger partial charge on any atom is 0.213 e. The third-order valence-corrected chi connectivity index (χ3v) is 2.63. The van der Waals surface area contributed by atoms with Crippen LogP contribution in [0.1, 0.15) is 22.9 Å². The number of anilines is 1. The smallest absolute Gasteiger partial charge is 0.213 e. The van der Waals surface area contributed by atoms with E-state index in [4.69, 9.17) is 9.68 Å². The molecular weight excluding hydrogens is 233 g/mol. The third kappa shape index (κ3) is 2.33. The normalized spacial score (nSPS) is 10.1. The van der Waals surface area contributed by atoms with Gasteiger partial charge in [0.05, 0.1) is 17.9 Å². The van der Waals surface area contributed by atoms with E-state index in [2.05, 4.69) is 10.3 Å². The van der Waals surface area contributed by atoms with Crippen molar-refractivity contribution in [3.63, 3.8) is 0 Å². The maximum atomic E-state index is 13.3. The van der Waals surface area contributed by atoms with Crippen LogP contribution in [0, 0.1) is 31.0 Å². The van der Waals surface area contributed by atoms with Gasteiger partial charge in [0.1, 0.15) is 23.2 Å². The summed E-state index contributed by atoms with van der Waals surface area (Å²) in [6.07, 6.45) is 0. The van der Waals surface area contributed by atoms with E-state index in [-0.39, 0.29) is 5.56 Å². The van der Waals surface area contributed by atoms with Crippen LogP contribution in [0.25, 0.3) is 0 Å². The van der Waals surface area contributed by atoms with E-state index in [0.717, 1.165) is 11.5 Å². The predicted octanol–water partition coefficient (Wildman–Crippen LogP) is 2.91. The molecule has 0 unspecified atom stereocenters. The molecule has 2 aromatic rings. The first-order valence-corrected chi connectivity index (χ1v) is 5.47. The number of benzene rings is 1. The van der Waals surface area contributed by atoms with Crippen LogP contribution in [-0.4, -0.2) is 4.98 Å². The Labute approximate surface area is 104 Å². The van der Waals surface area contributed by atoms with E-state index in [1.807, 2.05) is 19.9 Å². The van der Waals surface area contributed by atoms with Gasteiger partial charge >= 0.3 is 0 Å². The van der Waals surface area contributed by atoms with E-state index in [1.54, 1.807) is 12.1 Å². The van der Waals surface area contributed by atoms with Crippen molar-refractivity contribution >= 4 is 5.69 Å². The molecule has 0 fully saturated rings. The first kappa shape index (κ1) is 12.1. The van der Waals surface area contributed by atoms with Gasteiger partial charge in [-0.2, -0.15) is 5.26 Å². The topological polar surface area (TPSA) is 61.9 Å². The second-order valence-electron chi connectivity index (χ2n) is 3.88. The Morgan fingerprint density at radius 2 is 2.22 bits per heavy atom. The second-order valence-corrected chi connectivity index (χ2v) is 3.88. The third-order valence-electron chi connectivity index (χ3n) is 2.63. The highest BCUT2D eigenvalue weighted by Crippen LogP contribution is 2.19. The number of nitrogens with one attached hydrogen (secondary N) is 1. The van der Waals surface area contributed by atoms with Crippen LogP contribution >= 0.6 is 0 Å². The van der Waals surface area contributed by atoms with Crippen LogP contribution in [0.15, 0.2) is 22.6 Å². The first-order valence-electron chi connectivity index (χ1n) is 5.47. The minimum absolute atomic E-state index is 0.00231. The van der Waals surface area contributed by atoms with Crippen molar-refractivity contribution in [1.29, 1.82) is 5.26 Å². The Bertz CT molecular complexity index is 594. The summed E-state index contributed by atoms with van der Waals surface area (Å²) in [5, 5.41) is 11.8. The standard InChI is InChI=1S/C13H12FN3O/c1-8-9(2)18-13(17-8)7-16-12-5-3-4-11(14)10(12)6-15/h3-5,16H,7H2,1-2H3. The molecule has 0 saturated heterocycles. The molecule has 0 spiro atoms. The molecule has 0 bridgehead atoms. The fourth-order valence-electron chi connectivity index (χ4n) is 1.57. The highest BCUT2D eigenvalue weighted by molar-refractivity contribution is 5.57. The Balaban J connectivity index is 2.16. The molecule has 0 aliphatic rings. The number of hydrogen-bond acceptors (Lipinski definition) is 4. The summed E-state index contributed by atoms with van der Waals surface area (Å²) in [4.78, 5) is 4.20. The lowest BCUT2D eigenvalue weighted by atomic mass is 10.2. The molecule has 92 valence electrons. The van der Waals surface area contributed by atoms with Crippen LogP contribution in [0.3, 0.4) is 0 Å². The quantitative estimate of drug-likeness (QED) is 0.903. The van der Waals surface area contributed by atoms with Crippen molar-refractivity contribution in [2.75, 3.05) is 5.32 Å². The number of halogens is 1.